The molecular weight excluding hydrogens is 310 g/mol. The molecule has 1 saturated heterocycles. The second-order valence-corrected chi connectivity index (χ2v) is 6.48. The van der Waals surface area contributed by atoms with Crippen molar-refractivity contribution in [3.63, 3.8) is 0 Å². The Morgan fingerprint density at radius 3 is 2.70 bits per heavy atom. The zero-order chi connectivity index (χ0) is 16.7. The van der Waals surface area contributed by atoms with Gasteiger partial charge in [-0.05, 0) is 31.9 Å². The van der Waals surface area contributed by atoms with Gasteiger partial charge in [-0.1, -0.05) is 18.2 Å². The molecule has 5 heteroatoms. The van der Waals surface area contributed by atoms with Gasteiger partial charge in [0.25, 0.3) is 5.91 Å². The van der Waals surface area contributed by atoms with Crippen LogP contribution in [-0.2, 0) is 9.53 Å². The van der Waals surface area contributed by atoms with Gasteiger partial charge in [-0.25, -0.2) is 0 Å². The van der Waals surface area contributed by atoms with E-state index in [0.29, 0.717) is 32.5 Å². The van der Waals surface area contributed by atoms with E-state index in [1.54, 1.807) is 11.8 Å². The first-order chi connectivity index (χ1) is 11.2. The first-order valence-electron chi connectivity index (χ1n) is 7.96. The Morgan fingerprint density at radius 1 is 1.35 bits per heavy atom. The van der Waals surface area contributed by atoms with Crippen molar-refractivity contribution < 1.29 is 14.3 Å². The van der Waals surface area contributed by atoms with Crippen LogP contribution in [0.3, 0.4) is 0 Å². The lowest BCUT2D eigenvalue weighted by molar-refractivity contribution is -0.149. The molecule has 1 aliphatic rings. The van der Waals surface area contributed by atoms with Crippen LogP contribution in [0.5, 0.6) is 0 Å². The molecule has 23 heavy (non-hydrogen) atoms. The number of hydrogen-bond donors (Lipinski definition) is 0. The molecule has 1 aromatic carbocycles. The van der Waals surface area contributed by atoms with E-state index >= 15 is 0 Å². The summed E-state index contributed by atoms with van der Waals surface area (Å²) in [7, 11) is 0. The maximum atomic E-state index is 12.8. The molecule has 4 nitrogen and oxygen atoms in total. The minimum atomic E-state index is -0.137. The molecule has 0 aromatic heterocycles. The average molecular weight is 333 g/mol. The Labute approximate surface area is 141 Å². The van der Waals surface area contributed by atoms with Gasteiger partial charge in [0.15, 0.2) is 0 Å². The number of carbonyl (C=O) groups excluding carboxylic acids is 2. The Hall–Kier alpha value is -1.75. The number of esters is 1. The Kier molecular flexibility index (Phi) is 6.71. The van der Waals surface area contributed by atoms with Crippen molar-refractivity contribution in [3.05, 3.63) is 42.5 Å². The third kappa shape index (κ3) is 4.61. The molecule has 1 heterocycles. The van der Waals surface area contributed by atoms with Gasteiger partial charge in [0.05, 0.1) is 18.1 Å². The molecule has 1 aliphatic heterocycles. The van der Waals surface area contributed by atoms with Crippen molar-refractivity contribution in [2.45, 2.75) is 24.7 Å². The SMILES string of the molecule is C=CCSc1ccccc1C(=O)N1CCC(C(=O)OCC)CC1. The van der Waals surface area contributed by atoms with Crippen LogP contribution < -0.4 is 0 Å². The van der Waals surface area contributed by atoms with Gasteiger partial charge in [-0.2, -0.15) is 0 Å². The smallest absolute Gasteiger partial charge is 0.309 e. The lowest BCUT2D eigenvalue weighted by Gasteiger charge is -2.31. The maximum absolute atomic E-state index is 12.8. The first-order valence-corrected chi connectivity index (χ1v) is 8.94. The topological polar surface area (TPSA) is 46.6 Å². The molecule has 0 N–H and O–H groups in total. The van der Waals surface area contributed by atoms with Crippen LogP contribution in [0.25, 0.3) is 0 Å². The molecular formula is C18H23NO3S. The summed E-state index contributed by atoms with van der Waals surface area (Å²) >= 11 is 1.61. The van der Waals surface area contributed by atoms with Crippen LogP contribution in [0, 0.1) is 5.92 Å². The van der Waals surface area contributed by atoms with E-state index in [2.05, 4.69) is 6.58 Å². The van der Waals surface area contributed by atoms with E-state index in [1.807, 2.05) is 42.2 Å². The van der Waals surface area contributed by atoms with Crippen molar-refractivity contribution in [1.29, 1.82) is 0 Å². The molecule has 2 rings (SSSR count). The summed E-state index contributed by atoms with van der Waals surface area (Å²) in [6.45, 7) is 7.14. The highest BCUT2D eigenvalue weighted by Gasteiger charge is 2.29. The molecule has 1 fully saturated rings. The number of nitrogens with zero attached hydrogens (tertiary/aromatic N) is 1. The lowest BCUT2D eigenvalue weighted by Crippen LogP contribution is -2.40. The zero-order valence-electron chi connectivity index (χ0n) is 13.5. The number of piperidine rings is 1. The third-order valence-electron chi connectivity index (χ3n) is 3.88. The summed E-state index contributed by atoms with van der Waals surface area (Å²) in [5.41, 5.74) is 0.730. The molecule has 1 aromatic rings. The second kappa shape index (κ2) is 8.77. The summed E-state index contributed by atoms with van der Waals surface area (Å²) in [5.74, 6) is 0.597. The number of thioether (sulfide) groups is 1. The van der Waals surface area contributed by atoms with Gasteiger partial charge in [0, 0.05) is 23.7 Å². The summed E-state index contributed by atoms with van der Waals surface area (Å²) in [6.07, 6.45) is 3.18. The molecule has 124 valence electrons. The lowest BCUT2D eigenvalue weighted by atomic mass is 9.96. The van der Waals surface area contributed by atoms with E-state index in [4.69, 9.17) is 4.74 Å². The highest BCUT2D eigenvalue weighted by molar-refractivity contribution is 7.99. The molecule has 0 radical (unpaired) electrons. The summed E-state index contributed by atoms with van der Waals surface area (Å²) in [5, 5.41) is 0. The van der Waals surface area contributed by atoms with Crippen LogP contribution in [0.2, 0.25) is 0 Å². The molecule has 0 aliphatic carbocycles. The largest absolute Gasteiger partial charge is 0.466 e. The van der Waals surface area contributed by atoms with Crippen molar-refractivity contribution in [1.82, 2.24) is 4.90 Å². The van der Waals surface area contributed by atoms with Crippen LogP contribution >= 0.6 is 11.8 Å². The van der Waals surface area contributed by atoms with Crippen molar-refractivity contribution >= 4 is 23.6 Å². The summed E-state index contributed by atoms with van der Waals surface area (Å²) in [4.78, 5) is 27.3. The number of carbonyl (C=O) groups is 2. The van der Waals surface area contributed by atoms with E-state index in [1.165, 1.54) is 0 Å². The summed E-state index contributed by atoms with van der Waals surface area (Å²) in [6, 6.07) is 7.66. The normalized spacial score (nSPS) is 15.3. The highest BCUT2D eigenvalue weighted by Crippen LogP contribution is 2.26. The van der Waals surface area contributed by atoms with E-state index < -0.39 is 0 Å². The number of amides is 1. The van der Waals surface area contributed by atoms with Gasteiger partial charge in [-0.15, -0.1) is 18.3 Å². The third-order valence-corrected chi connectivity index (χ3v) is 4.95. The zero-order valence-corrected chi connectivity index (χ0v) is 14.3. The fraction of sp³-hybridized carbons (Fsp3) is 0.444. The van der Waals surface area contributed by atoms with Crippen LogP contribution in [0.4, 0.5) is 0 Å². The minimum Gasteiger partial charge on any atom is -0.466 e. The highest BCUT2D eigenvalue weighted by atomic mass is 32.2. The van der Waals surface area contributed by atoms with Crippen LogP contribution in [-0.4, -0.2) is 42.2 Å². The fourth-order valence-electron chi connectivity index (χ4n) is 2.67. The molecule has 0 atom stereocenters. The predicted molar refractivity (Wildman–Crippen MR) is 92.6 cm³/mol. The van der Waals surface area contributed by atoms with Gasteiger partial charge in [0.2, 0.25) is 0 Å². The van der Waals surface area contributed by atoms with Gasteiger partial charge >= 0.3 is 5.97 Å². The standard InChI is InChI=1S/C18H23NO3S/c1-3-13-23-16-8-6-5-7-15(16)17(20)19-11-9-14(10-12-19)18(21)22-4-2/h3,5-8,14H,1,4,9-13H2,2H3. The maximum Gasteiger partial charge on any atom is 0.309 e. The first kappa shape index (κ1) is 17.6. The van der Waals surface area contributed by atoms with Gasteiger partial charge in [-0.3, -0.25) is 9.59 Å². The van der Waals surface area contributed by atoms with Gasteiger partial charge < -0.3 is 9.64 Å². The van der Waals surface area contributed by atoms with E-state index in [0.717, 1.165) is 16.2 Å². The fourth-order valence-corrected chi connectivity index (χ4v) is 3.45. The van der Waals surface area contributed by atoms with E-state index in [9.17, 15) is 9.59 Å². The number of likely N-dealkylation sites (tertiary alicyclic amines) is 1. The molecule has 0 unspecified atom stereocenters. The minimum absolute atomic E-state index is 0.0412. The number of rotatable bonds is 6. The monoisotopic (exact) mass is 333 g/mol. The molecule has 0 bridgehead atoms. The molecule has 0 spiro atoms. The second-order valence-electron chi connectivity index (χ2n) is 5.41. The predicted octanol–water partition coefficient (Wildman–Crippen LogP) is 3.38. The quantitative estimate of drug-likeness (QED) is 0.455. The number of benzene rings is 1. The summed E-state index contributed by atoms with van der Waals surface area (Å²) < 4.78 is 5.07. The molecule has 1 amide bonds. The molecule has 0 saturated carbocycles. The van der Waals surface area contributed by atoms with Crippen molar-refractivity contribution in [3.8, 4) is 0 Å². The van der Waals surface area contributed by atoms with Crippen molar-refractivity contribution in [2.24, 2.45) is 5.92 Å². The van der Waals surface area contributed by atoms with Gasteiger partial charge in [0.1, 0.15) is 0 Å². The Bertz CT molecular complexity index is 565. The van der Waals surface area contributed by atoms with E-state index in [-0.39, 0.29) is 17.8 Å². The van der Waals surface area contributed by atoms with Crippen LogP contribution in [0.15, 0.2) is 41.8 Å². The number of ether oxygens (including phenoxy) is 1. The Balaban J connectivity index is 2.00. The average Bonchev–Trinajstić information content (AvgIpc) is 2.60. The Morgan fingerprint density at radius 2 is 2.04 bits per heavy atom. The van der Waals surface area contributed by atoms with Crippen molar-refractivity contribution in [2.75, 3.05) is 25.4 Å². The van der Waals surface area contributed by atoms with Crippen LogP contribution in [0.1, 0.15) is 30.1 Å². The number of hydrogen-bond acceptors (Lipinski definition) is 4.